The summed E-state index contributed by atoms with van der Waals surface area (Å²) >= 11 is 0. The van der Waals surface area contributed by atoms with Gasteiger partial charge in [-0.2, -0.15) is 0 Å². The second-order valence-electron chi connectivity index (χ2n) is 2.37. The minimum atomic E-state index is -1.41. The van der Waals surface area contributed by atoms with E-state index in [4.69, 9.17) is 10.2 Å². The fourth-order valence-corrected chi connectivity index (χ4v) is 0.669. The molecular formula is C8H12O4. The van der Waals surface area contributed by atoms with Crippen molar-refractivity contribution in [3.05, 3.63) is 12.2 Å². The summed E-state index contributed by atoms with van der Waals surface area (Å²) in [4.78, 5) is 20.6. The van der Waals surface area contributed by atoms with Crippen LogP contribution in [0.5, 0.6) is 0 Å². The Morgan fingerprint density at radius 3 is 2.17 bits per heavy atom. The average Bonchev–Trinajstić information content (AvgIpc) is 1.96. The Morgan fingerprint density at radius 1 is 1.33 bits per heavy atom. The molecule has 0 fully saturated rings. The van der Waals surface area contributed by atoms with E-state index in [1.807, 2.05) is 6.92 Å². The van der Waals surface area contributed by atoms with Crippen molar-refractivity contribution in [2.75, 3.05) is 0 Å². The van der Waals surface area contributed by atoms with Gasteiger partial charge in [-0.25, -0.2) is 0 Å². The number of carboxylic acid groups (broad SMARTS) is 2. The number of aliphatic carboxylic acids is 2. The van der Waals surface area contributed by atoms with Crippen LogP contribution in [0.2, 0.25) is 0 Å². The Hall–Kier alpha value is -1.32. The highest BCUT2D eigenvalue weighted by molar-refractivity contribution is 5.94. The number of hydrogen-bond acceptors (Lipinski definition) is 2. The fraction of sp³-hybridized carbons (Fsp3) is 0.500. The average molecular weight is 172 g/mol. The van der Waals surface area contributed by atoms with Crippen LogP contribution < -0.4 is 0 Å². The molecule has 0 aromatic carbocycles. The molecule has 0 aliphatic heterocycles. The van der Waals surface area contributed by atoms with Gasteiger partial charge in [-0.15, -0.1) is 0 Å². The molecule has 0 spiro atoms. The SMILES string of the molecule is CCCC=CC(C(=O)O)C(=O)O. The van der Waals surface area contributed by atoms with Gasteiger partial charge in [0.15, 0.2) is 5.92 Å². The fourth-order valence-electron chi connectivity index (χ4n) is 0.669. The number of allylic oxidation sites excluding steroid dienone is 1. The maximum atomic E-state index is 10.3. The summed E-state index contributed by atoms with van der Waals surface area (Å²) in [5.74, 6) is -4.05. The molecule has 0 saturated heterocycles. The minimum Gasteiger partial charge on any atom is -0.480 e. The molecule has 0 aromatic rings. The highest BCUT2D eigenvalue weighted by Crippen LogP contribution is 2.01. The first-order valence-corrected chi connectivity index (χ1v) is 3.71. The standard InChI is InChI=1S/C8H12O4/c1-2-3-4-5-6(7(9)10)8(11)12/h4-6H,2-3H2,1H3,(H,9,10)(H,11,12). The maximum absolute atomic E-state index is 10.3. The van der Waals surface area contributed by atoms with Crippen molar-refractivity contribution in [2.24, 2.45) is 5.92 Å². The number of hydrogen-bond donors (Lipinski definition) is 2. The van der Waals surface area contributed by atoms with Crippen LogP contribution in [0.25, 0.3) is 0 Å². The van der Waals surface area contributed by atoms with Gasteiger partial charge in [0, 0.05) is 0 Å². The second-order valence-corrected chi connectivity index (χ2v) is 2.37. The molecule has 0 saturated carbocycles. The molecule has 0 rings (SSSR count). The lowest BCUT2D eigenvalue weighted by Crippen LogP contribution is -2.20. The van der Waals surface area contributed by atoms with Crippen molar-refractivity contribution in [1.29, 1.82) is 0 Å². The van der Waals surface area contributed by atoms with E-state index in [-0.39, 0.29) is 0 Å². The first kappa shape index (κ1) is 10.7. The molecule has 4 heteroatoms. The van der Waals surface area contributed by atoms with E-state index in [0.29, 0.717) is 6.42 Å². The van der Waals surface area contributed by atoms with Crippen molar-refractivity contribution >= 4 is 11.9 Å². The van der Waals surface area contributed by atoms with Crippen LogP contribution in [0.1, 0.15) is 19.8 Å². The van der Waals surface area contributed by atoms with Crippen LogP contribution in [0.3, 0.4) is 0 Å². The van der Waals surface area contributed by atoms with E-state index < -0.39 is 17.9 Å². The zero-order valence-corrected chi connectivity index (χ0v) is 6.86. The third-order valence-corrected chi connectivity index (χ3v) is 1.32. The predicted octanol–water partition coefficient (Wildman–Crippen LogP) is 1.13. The van der Waals surface area contributed by atoms with Crippen molar-refractivity contribution in [3.8, 4) is 0 Å². The molecular weight excluding hydrogens is 160 g/mol. The number of unbranched alkanes of at least 4 members (excludes halogenated alkanes) is 1. The Bertz CT molecular complexity index is 181. The second kappa shape index (κ2) is 5.35. The Balaban J connectivity index is 4.14. The van der Waals surface area contributed by atoms with Crippen LogP contribution in [-0.4, -0.2) is 22.2 Å². The van der Waals surface area contributed by atoms with E-state index >= 15 is 0 Å². The minimum absolute atomic E-state index is 0.705. The molecule has 0 heterocycles. The quantitative estimate of drug-likeness (QED) is 0.481. The molecule has 0 aliphatic carbocycles. The van der Waals surface area contributed by atoms with Crippen molar-refractivity contribution in [3.63, 3.8) is 0 Å². The van der Waals surface area contributed by atoms with Crippen LogP contribution >= 0.6 is 0 Å². The van der Waals surface area contributed by atoms with Crippen LogP contribution in [0.15, 0.2) is 12.2 Å². The summed E-state index contributed by atoms with van der Waals surface area (Å²) < 4.78 is 0. The highest BCUT2D eigenvalue weighted by atomic mass is 16.4. The lowest BCUT2D eigenvalue weighted by atomic mass is 10.1. The molecule has 0 radical (unpaired) electrons. The third kappa shape index (κ3) is 3.75. The van der Waals surface area contributed by atoms with E-state index in [1.54, 1.807) is 6.08 Å². The van der Waals surface area contributed by atoms with Crippen LogP contribution in [-0.2, 0) is 9.59 Å². The number of rotatable bonds is 5. The van der Waals surface area contributed by atoms with Gasteiger partial charge in [0.2, 0.25) is 0 Å². The molecule has 0 unspecified atom stereocenters. The van der Waals surface area contributed by atoms with E-state index in [1.165, 1.54) is 6.08 Å². The highest BCUT2D eigenvalue weighted by Gasteiger charge is 2.21. The van der Waals surface area contributed by atoms with E-state index in [9.17, 15) is 9.59 Å². The largest absolute Gasteiger partial charge is 0.480 e. The van der Waals surface area contributed by atoms with Gasteiger partial charge in [-0.1, -0.05) is 25.5 Å². The molecule has 2 N–H and O–H groups in total. The molecule has 12 heavy (non-hydrogen) atoms. The normalized spacial score (nSPS) is 10.8. The Kier molecular flexibility index (Phi) is 4.76. The lowest BCUT2D eigenvalue weighted by molar-refractivity contribution is -0.151. The smallest absolute Gasteiger partial charge is 0.321 e. The predicted molar refractivity (Wildman–Crippen MR) is 42.8 cm³/mol. The lowest BCUT2D eigenvalue weighted by Gasteiger charge is -1.98. The number of carbonyl (C=O) groups is 2. The van der Waals surface area contributed by atoms with Gasteiger partial charge in [0.05, 0.1) is 0 Å². The van der Waals surface area contributed by atoms with Gasteiger partial charge in [-0.05, 0) is 6.42 Å². The first-order valence-electron chi connectivity index (χ1n) is 3.71. The Labute approximate surface area is 70.5 Å². The molecule has 4 nitrogen and oxygen atoms in total. The van der Waals surface area contributed by atoms with E-state index in [0.717, 1.165) is 6.42 Å². The van der Waals surface area contributed by atoms with Crippen LogP contribution in [0, 0.1) is 5.92 Å². The molecule has 0 aromatic heterocycles. The zero-order chi connectivity index (χ0) is 9.56. The molecule has 0 amide bonds. The van der Waals surface area contributed by atoms with Crippen molar-refractivity contribution in [1.82, 2.24) is 0 Å². The third-order valence-electron chi connectivity index (χ3n) is 1.32. The van der Waals surface area contributed by atoms with Gasteiger partial charge >= 0.3 is 11.9 Å². The summed E-state index contributed by atoms with van der Waals surface area (Å²) in [5, 5.41) is 16.8. The molecule has 0 aliphatic rings. The summed E-state index contributed by atoms with van der Waals surface area (Å²) in [7, 11) is 0. The van der Waals surface area contributed by atoms with E-state index in [2.05, 4.69) is 0 Å². The topological polar surface area (TPSA) is 74.6 Å². The van der Waals surface area contributed by atoms with Gasteiger partial charge in [-0.3, -0.25) is 9.59 Å². The monoisotopic (exact) mass is 172 g/mol. The van der Waals surface area contributed by atoms with Gasteiger partial charge in [0.25, 0.3) is 0 Å². The summed E-state index contributed by atoms with van der Waals surface area (Å²) in [6.07, 6.45) is 4.36. The Morgan fingerprint density at radius 2 is 1.83 bits per heavy atom. The first-order chi connectivity index (χ1) is 5.59. The molecule has 68 valence electrons. The van der Waals surface area contributed by atoms with Crippen LogP contribution in [0.4, 0.5) is 0 Å². The zero-order valence-electron chi connectivity index (χ0n) is 6.86. The molecule has 0 bridgehead atoms. The molecule has 0 atom stereocenters. The summed E-state index contributed by atoms with van der Waals surface area (Å²) in [5.41, 5.74) is 0. The van der Waals surface area contributed by atoms with Gasteiger partial charge in [0.1, 0.15) is 0 Å². The van der Waals surface area contributed by atoms with Gasteiger partial charge < -0.3 is 10.2 Å². The summed E-state index contributed by atoms with van der Waals surface area (Å²) in [6.45, 7) is 1.93. The number of carboxylic acids is 2. The maximum Gasteiger partial charge on any atom is 0.321 e. The van der Waals surface area contributed by atoms with Crippen molar-refractivity contribution in [2.45, 2.75) is 19.8 Å². The van der Waals surface area contributed by atoms with Crippen molar-refractivity contribution < 1.29 is 19.8 Å². The summed E-state index contributed by atoms with van der Waals surface area (Å²) in [6, 6.07) is 0.